The monoisotopic (exact) mass is 225 g/mol. The van der Waals surface area contributed by atoms with Gasteiger partial charge in [0.1, 0.15) is 5.76 Å². The zero-order chi connectivity index (χ0) is 12.0. The topological polar surface area (TPSA) is 42.7 Å². The fourth-order valence-electron chi connectivity index (χ4n) is 1.40. The minimum absolute atomic E-state index is 0.192. The van der Waals surface area contributed by atoms with Gasteiger partial charge in [0.05, 0.1) is 26.0 Å². The third-order valence-electron chi connectivity index (χ3n) is 2.31. The first-order valence-electron chi connectivity index (χ1n) is 5.55. The van der Waals surface area contributed by atoms with Crippen molar-refractivity contribution >= 4 is 5.97 Å². The number of carbonyl (C=O) groups is 1. The average molecular weight is 225 g/mol. The lowest BCUT2D eigenvalue weighted by atomic mass is 10.3. The first-order valence-corrected chi connectivity index (χ1v) is 5.55. The molecule has 0 amide bonds. The number of rotatable bonds is 6. The normalized spacial score (nSPS) is 11.1. The Morgan fingerprint density at radius 3 is 2.81 bits per heavy atom. The van der Waals surface area contributed by atoms with Crippen LogP contribution in [0.3, 0.4) is 0 Å². The van der Waals surface area contributed by atoms with E-state index in [0.29, 0.717) is 19.7 Å². The molecule has 1 aromatic rings. The van der Waals surface area contributed by atoms with E-state index in [-0.39, 0.29) is 12.0 Å². The van der Waals surface area contributed by atoms with E-state index in [1.54, 1.807) is 6.26 Å². The molecule has 0 saturated carbocycles. The van der Waals surface area contributed by atoms with Gasteiger partial charge in [-0.3, -0.25) is 9.69 Å². The molecule has 0 saturated heterocycles. The number of hydrogen-bond donors (Lipinski definition) is 0. The van der Waals surface area contributed by atoms with Gasteiger partial charge in [0.2, 0.25) is 0 Å². The van der Waals surface area contributed by atoms with Crippen LogP contribution in [-0.2, 0) is 16.1 Å². The second kappa shape index (κ2) is 6.33. The Morgan fingerprint density at radius 2 is 2.31 bits per heavy atom. The molecule has 4 heteroatoms. The number of esters is 1. The van der Waals surface area contributed by atoms with Gasteiger partial charge < -0.3 is 9.15 Å². The van der Waals surface area contributed by atoms with Gasteiger partial charge in [-0.2, -0.15) is 0 Å². The molecular formula is C12H19NO3. The summed E-state index contributed by atoms with van der Waals surface area (Å²) in [5, 5.41) is 0. The Bertz CT molecular complexity index is 306. The van der Waals surface area contributed by atoms with Gasteiger partial charge in [0, 0.05) is 6.04 Å². The highest BCUT2D eigenvalue weighted by molar-refractivity contribution is 5.71. The first kappa shape index (κ1) is 12.8. The molecular weight excluding hydrogens is 206 g/mol. The number of hydrogen-bond acceptors (Lipinski definition) is 4. The number of nitrogens with zero attached hydrogens (tertiary/aromatic N) is 1. The van der Waals surface area contributed by atoms with Crippen molar-refractivity contribution in [3.63, 3.8) is 0 Å². The van der Waals surface area contributed by atoms with Crippen LogP contribution in [0.4, 0.5) is 0 Å². The second-order valence-electron chi connectivity index (χ2n) is 3.88. The van der Waals surface area contributed by atoms with Crippen molar-refractivity contribution in [1.82, 2.24) is 4.90 Å². The van der Waals surface area contributed by atoms with E-state index in [1.807, 2.05) is 37.8 Å². The van der Waals surface area contributed by atoms with Crippen molar-refractivity contribution in [2.24, 2.45) is 0 Å². The summed E-state index contributed by atoms with van der Waals surface area (Å²) in [5.41, 5.74) is 0. The maximum Gasteiger partial charge on any atom is 0.320 e. The first-order chi connectivity index (χ1) is 7.63. The highest BCUT2D eigenvalue weighted by Gasteiger charge is 2.16. The van der Waals surface area contributed by atoms with E-state index in [4.69, 9.17) is 9.15 Å². The van der Waals surface area contributed by atoms with Crippen molar-refractivity contribution in [1.29, 1.82) is 0 Å². The van der Waals surface area contributed by atoms with E-state index in [1.165, 1.54) is 0 Å². The Hall–Kier alpha value is -1.29. The van der Waals surface area contributed by atoms with Crippen LogP contribution >= 0.6 is 0 Å². The predicted octanol–water partition coefficient (Wildman–Crippen LogP) is 2.05. The smallest absolute Gasteiger partial charge is 0.320 e. The summed E-state index contributed by atoms with van der Waals surface area (Å²) in [6.07, 6.45) is 1.64. The van der Waals surface area contributed by atoms with Gasteiger partial charge in [-0.15, -0.1) is 0 Å². The molecule has 0 atom stereocenters. The van der Waals surface area contributed by atoms with Gasteiger partial charge in [-0.25, -0.2) is 0 Å². The minimum Gasteiger partial charge on any atom is -0.468 e. The van der Waals surface area contributed by atoms with E-state index in [0.717, 1.165) is 5.76 Å². The molecule has 1 rings (SSSR count). The summed E-state index contributed by atoms with van der Waals surface area (Å²) in [4.78, 5) is 13.4. The molecule has 0 aliphatic carbocycles. The largest absolute Gasteiger partial charge is 0.468 e. The van der Waals surface area contributed by atoms with E-state index < -0.39 is 0 Å². The molecule has 0 bridgehead atoms. The Balaban J connectivity index is 2.51. The van der Waals surface area contributed by atoms with Crippen LogP contribution in [0.1, 0.15) is 26.5 Å². The molecule has 0 spiro atoms. The van der Waals surface area contributed by atoms with Crippen molar-refractivity contribution in [2.75, 3.05) is 13.2 Å². The van der Waals surface area contributed by atoms with Gasteiger partial charge in [-0.1, -0.05) is 0 Å². The maximum absolute atomic E-state index is 11.4. The summed E-state index contributed by atoms with van der Waals surface area (Å²) < 4.78 is 10.2. The molecule has 0 aliphatic rings. The molecule has 0 unspecified atom stereocenters. The molecule has 16 heavy (non-hydrogen) atoms. The van der Waals surface area contributed by atoms with Crippen LogP contribution < -0.4 is 0 Å². The molecule has 90 valence electrons. The van der Waals surface area contributed by atoms with Crippen molar-refractivity contribution in [3.8, 4) is 0 Å². The maximum atomic E-state index is 11.4. The summed E-state index contributed by atoms with van der Waals surface area (Å²) in [6.45, 7) is 7.25. The van der Waals surface area contributed by atoms with Crippen molar-refractivity contribution in [3.05, 3.63) is 24.2 Å². The molecule has 4 nitrogen and oxygen atoms in total. The molecule has 0 aromatic carbocycles. The van der Waals surface area contributed by atoms with E-state index in [9.17, 15) is 4.79 Å². The molecule has 0 fully saturated rings. The van der Waals surface area contributed by atoms with Gasteiger partial charge in [0.15, 0.2) is 0 Å². The third kappa shape index (κ3) is 4.06. The fourth-order valence-corrected chi connectivity index (χ4v) is 1.40. The standard InChI is InChI=1S/C12H19NO3/c1-4-15-12(14)9-13(10(2)3)8-11-6-5-7-16-11/h5-7,10H,4,8-9H2,1-3H3. The van der Waals surface area contributed by atoms with Crippen LogP contribution in [0.5, 0.6) is 0 Å². The lowest BCUT2D eigenvalue weighted by molar-refractivity contribution is -0.145. The van der Waals surface area contributed by atoms with Crippen LogP contribution in [0.2, 0.25) is 0 Å². The molecule has 0 N–H and O–H groups in total. The highest BCUT2D eigenvalue weighted by Crippen LogP contribution is 2.08. The van der Waals surface area contributed by atoms with E-state index in [2.05, 4.69) is 0 Å². The van der Waals surface area contributed by atoms with Gasteiger partial charge in [-0.05, 0) is 32.9 Å². The molecule has 1 aromatic heterocycles. The Kier molecular flexibility index (Phi) is 5.05. The molecule has 1 heterocycles. The zero-order valence-electron chi connectivity index (χ0n) is 10.1. The summed E-state index contributed by atoms with van der Waals surface area (Å²) >= 11 is 0. The summed E-state index contributed by atoms with van der Waals surface area (Å²) in [7, 11) is 0. The molecule has 0 radical (unpaired) electrons. The van der Waals surface area contributed by atoms with Crippen molar-refractivity contribution in [2.45, 2.75) is 33.4 Å². The summed E-state index contributed by atoms with van der Waals surface area (Å²) in [6, 6.07) is 4.02. The number of furan rings is 1. The predicted molar refractivity (Wildman–Crippen MR) is 60.9 cm³/mol. The summed E-state index contributed by atoms with van der Waals surface area (Å²) in [5.74, 6) is 0.667. The van der Waals surface area contributed by atoms with Crippen LogP contribution in [0, 0.1) is 0 Å². The number of ether oxygens (including phenoxy) is 1. The third-order valence-corrected chi connectivity index (χ3v) is 2.31. The minimum atomic E-state index is -0.192. The van der Waals surface area contributed by atoms with Gasteiger partial charge >= 0.3 is 5.97 Å². The SMILES string of the molecule is CCOC(=O)CN(Cc1ccco1)C(C)C. The Labute approximate surface area is 96.2 Å². The van der Waals surface area contributed by atoms with Crippen LogP contribution in [-0.4, -0.2) is 30.1 Å². The zero-order valence-corrected chi connectivity index (χ0v) is 10.1. The van der Waals surface area contributed by atoms with Crippen LogP contribution in [0.15, 0.2) is 22.8 Å². The second-order valence-corrected chi connectivity index (χ2v) is 3.88. The molecule has 0 aliphatic heterocycles. The number of carbonyl (C=O) groups excluding carboxylic acids is 1. The Morgan fingerprint density at radius 1 is 1.56 bits per heavy atom. The van der Waals surface area contributed by atoms with E-state index >= 15 is 0 Å². The fraction of sp³-hybridized carbons (Fsp3) is 0.583. The van der Waals surface area contributed by atoms with Gasteiger partial charge in [0.25, 0.3) is 0 Å². The highest BCUT2D eigenvalue weighted by atomic mass is 16.5. The van der Waals surface area contributed by atoms with Crippen LogP contribution in [0.25, 0.3) is 0 Å². The lowest BCUT2D eigenvalue weighted by Gasteiger charge is -2.24. The van der Waals surface area contributed by atoms with Crippen molar-refractivity contribution < 1.29 is 13.9 Å². The lowest BCUT2D eigenvalue weighted by Crippen LogP contribution is -2.35. The quantitative estimate of drug-likeness (QED) is 0.695. The average Bonchev–Trinajstić information content (AvgIpc) is 2.69.